The van der Waals surface area contributed by atoms with Crippen molar-refractivity contribution in [2.75, 3.05) is 19.6 Å². The number of halogens is 1. The maximum Gasteiger partial charge on any atom is 0.254 e. The number of benzene rings is 1. The maximum atomic E-state index is 12.7. The Morgan fingerprint density at radius 1 is 1.43 bits per heavy atom. The van der Waals surface area contributed by atoms with E-state index in [4.69, 9.17) is 5.73 Å². The van der Waals surface area contributed by atoms with Crippen LogP contribution >= 0.6 is 15.9 Å². The number of nitrogens with two attached hydrogens (primary N) is 1. The first-order chi connectivity index (χ1) is 10.1. The summed E-state index contributed by atoms with van der Waals surface area (Å²) >= 11 is 3.41. The monoisotopic (exact) mass is 349 g/mol. The van der Waals surface area contributed by atoms with Crippen molar-refractivity contribution >= 4 is 32.7 Å². The average Bonchev–Trinajstić information content (AvgIpc) is 2.95. The van der Waals surface area contributed by atoms with Gasteiger partial charge in [0, 0.05) is 34.5 Å². The third kappa shape index (κ3) is 2.73. The molecule has 0 aliphatic carbocycles. The maximum absolute atomic E-state index is 12.7. The van der Waals surface area contributed by atoms with Gasteiger partial charge in [-0.3, -0.25) is 9.59 Å². The van der Waals surface area contributed by atoms with Crippen molar-refractivity contribution in [2.45, 2.75) is 6.42 Å². The number of aromatic nitrogens is 1. The number of amides is 1. The number of hydrogen-bond acceptors (Lipinski definition) is 3. The van der Waals surface area contributed by atoms with Crippen LogP contribution in [0.3, 0.4) is 0 Å². The number of likely N-dealkylation sites (tertiary alicyclic amines) is 1. The van der Waals surface area contributed by atoms with Crippen LogP contribution in [-0.2, 0) is 0 Å². The number of aromatic amines is 1. The third-order valence-corrected chi connectivity index (χ3v) is 4.44. The summed E-state index contributed by atoms with van der Waals surface area (Å²) in [5, 5.41) is 0.755. The van der Waals surface area contributed by atoms with Crippen molar-refractivity contribution in [3.8, 4) is 0 Å². The first-order valence-corrected chi connectivity index (χ1v) is 7.69. The number of rotatable bonds is 2. The Morgan fingerprint density at radius 3 is 2.95 bits per heavy atom. The van der Waals surface area contributed by atoms with Gasteiger partial charge in [-0.15, -0.1) is 0 Å². The Morgan fingerprint density at radius 2 is 2.24 bits per heavy atom. The summed E-state index contributed by atoms with van der Waals surface area (Å²) in [6.07, 6.45) is 0.924. The molecule has 0 saturated carbocycles. The molecule has 21 heavy (non-hydrogen) atoms. The van der Waals surface area contributed by atoms with Crippen LogP contribution in [0.15, 0.2) is 33.5 Å². The molecule has 6 heteroatoms. The zero-order valence-corrected chi connectivity index (χ0v) is 13.0. The second kappa shape index (κ2) is 5.61. The number of pyridine rings is 1. The Kier molecular flexibility index (Phi) is 3.82. The molecule has 1 aliphatic rings. The quantitative estimate of drug-likeness (QED) is 0.866. The van der Waals surface area contributed by atoms with Gasteiger partial charge in [-0.1, -0.05) is 15.9 Å². The lowest BCUT2D eigenvalue weighted by Crippen LogP contribution is -2.30. The molecule has 1 amide bonds. The van der Waals surface area contributed by atoms with E-state index in [1.165, 1.54) is 6.07 Å². The second-order valence-electron chi connectivity index (χ2n) is 5.38. The molecule has 2 heterocycles. The Labute approximate surface area is 130 Å². The minimum absolute atomic E-state index is 0.0971. The second-order valence-corrected chi connectivity index (χ2v) is 6.29. The minimum Gasteiger partial charge on any atom is -0.338 e. The van der Waals surface area contributed by atoms with E-state index in [9.17, 15) is 9.59 Å². The molecule has 1 aliphatic heterocycles. The third-order valence-electron chi connectivity index (χ3n) is 3.94. The fourth-order valence-electron chi connectivity index (χ4n) is 2.78. The van der Waals surface area contributed by atoms with Gasteiger partial charge in [0.15, 0.2) is 0 Å². The zero-order valence-electron chi connectivity index (χ0n) is 11.4. The van der Waals surface area contributed by atoms with E-state index < -0.39 is 0 Å². The summed E-state index contributed by atoms with van der Waals surface area (Å²) in [6.45, 7) is 1.95. The Hall–Kier alpha value is -1.66. The van der Waals surface area contributed by atoms with Gasteiger partial charge in [0.2, 0.25) is 5.56 Å². The molecule has 0 radical (unpaired) electrons. The number of nitrogens with one attached hydrogen (secondary N) is 1. The van der Waals surface area contributed by atoms with Crippen molar-refractivity contribution in [3.63, 3.8) is 0 Å². The average molecular weight is 350 g/mol. The number of carbonyl (C=O) groups is 1. The summed E-state index contributed by atoms with van der Waals surface area (Å²) in [5.74, 6) is 0.258. The number of hydrogen-bond donors (Lipinski definition) is 2. The highest BCUT2D eigenvalue weighted by Gasteiger charge is 2.27. The molecule has 1 aromatic carbocycles. The lowest BCUT2D eigenvalue weighted by Gasteiger charge is -2.17. The van der Waals surface area contributed by atoms with E-state index in [0.29, 0.717) is 36.6 Å². The highest BCUT2D eigenvalue weighted by Crippen LogP contribution is 2.24. The first-order valence-electron chi connectivity index (χ1n) is 6.90. The van der Waals surface area contributed by atoms with Crippen LogP contribution in [-0.4, -0.2) is 35.4 Å². The molecule has 110 valence electrons. The zero-order chi connectivity index (χ0) is 15.0. The standard InChI is InChI=1S/C15H16BrN3O2/c16-10-1-2-13-11(5-10)12(6-14(20)18-13)15(21)19-4-3-9(7-17)8-19/h1-2,5-6,9H,3-4,7-8,17H2,(H,18,20)/t9-/m1/s1. The molecule has 5 nitrogen and oxygen atoms in total. The summed E-state index contributed by atoms with van der Waals surface area (Å²) in [4.78, 5) is 29.0. The van der Waals surface area contributed by atoms with Gasteiger partial charge in [0.1, 0.15) is 0 Å². The van der Waals surface area contributed by atoms with E-state index in [2.05, 4.69) is 20.9 Å². The van der Waals surface area contributed by atoms with E-state index in [1.54, 1.807) is 11.0 Å². The van der Waals surface area contributed by atoms with Crippen LogP contribution in [0.2, 0.25) is 0 Å². The van der Waals surface area contributed by atoms with Gasteiger partial charge in [-0.05, 0) is 37.1 Å². The summed E-state index contributed by atoms with van der Waals surface area (Å²) in [5.41, 5.74) is 6.53. The van der Waals surface area contributed by atoms with E-state index in [1.807, 2.05) is 12.1 Å². The van der Waals surface area contributed by atoms with Gasteiger partial charge >= 0.3 is 0 Å². The molecule has 0 spiro atoms. The summed E-state index contributed by atoms with van der Waals surface area (Å²) in [7, 11) is 0. The molecule has 1 aromatic heterocycles. The van der Waals surface area contributed by atoms with Crippen LogP contribution in [0.1, 0.15) is 16.8 Å². The molecule has 2 aromatic rings. The highest BCUT2D eigenvalue weighted by atomic mass is 79.9. The first kappa shape index (κ1) is 14.3. The van der Waals surface area contributed by atoms with Crippen LogP contribution in [0.4, 0.5) is 0 Å². The lowest BCUT2D eigenvalue weighted by atomic mass is 10.1. The lowest BCUT2D eigenvalue weighted by molar-refractivity contribution is 0.0789. The van der Waals surface area contributed by atoms with Gasteiger partial charge in [0.25, 0.3) is 5.91 Å². The molecule has 1 atom stereocenters. The normalized spacial score (nSPS) is 18.4. The predicted molar refractivity (Wildman–Crippen MR) is 85.3 cm³/mol. The molecule has 3 rings (SSSR count). The van der Waals surface area contributed by atoms with E-state index in [0.717, 1.165) is 16.3 Å². The van der Waals surface area contributed by atoms with Crippen molar-refractivity contribution in [3.05, 3.63) is 44.7 Å². The van der Waals surface area contributed by atoms with Crippen LogP contribution in [0, 0.1) is 5.92 Å². The topological polar surface area (TPSA) is 79.2 Å². The van der Waals surface area contributed by atoms with Crippen LogP contribution in [0.25, 0.3) is 10.9 Å². The van der Waals surface area contributed by atoms with Crippen LogP contribution < -0.4 is 11.3 Å². The van der Waals surface area contributed by atoms with Gasteiger partial charge in [-0.2, -0.15) is 0 Å². The molecular formula is C15H16BrN3O2. The number of nitrogens with zero attached hydrogens (tertiary/aromatic N) is 1. The Balaban J connectivity index is 2.05. The summed E-state index contributed by atoms with van der Waals surface area (Å²) < 4.78 is 0.873. The number of fused-ring (bicyclic) bond motifs is 1. The highest BCUT2D eigenvalue weighted by molar-refractivity contribution is 9.10. The SMILES string of the molecule is NC[C@H]1CCN(C(=O)c2cc(=O)[nH]c3ccc(Br)cc23)C1. The number of H-pyrrole nitrogens is 1. The molecular weight excluding hydrogens is 334 g/mol. The predicted octanol–water partition coefficient (Wildman–Crippen LogP) is 1.71. The smallest absolute Gasteiger partial charge is 0.254 e. The van der Waals surface area contributed by atoms with Gasteiger partial charge < -0.3 is 15.6 Å². The molecule has 0 bridgehead atoms. The molecule has 1 fully saturated rings. The fraction of sp³-hybridized carbons (Fsp3) is 0.333. The summed E-state index contributed by atoms with van der Waals surface area (Å²) in [6, 6.07) is 6.87. The van der Waals surface area contributed by atoms with E-state index in [-0.39, 0.29) is 11.5 Å². The van der Waals surface area contributed by atoms with Crippen molar-refractivity contribution in [1.29, 1.82) is 0 Å². The van der Waals surface area contributed by atoms with Crippen molar-refractivity contribution in [1.82, 2.24) is 9.88 Å². The van der Waals surface area contributed by atoms with Crippen molar-refractivity contribution < 1.29 is 4.79 Å². The van der Waals surface area contributed by atoms with Crippen LogP contribution in [0.5, 0.6) is 0 Å². The number of carbonyl (C=O) groups excluding carboxylic acids is 1. The van der Waals surface area contributed by atoms with Gasteiger partial charge in [0.05, 0.1) is 5.56 Å². The molecule has 3 N–H and O–H groups in total. The largest absolute Gasteiger partial charge is 0.338 e. The molecule has 1 saturated heterocycles. The van der Waals surface area contributed by atoms with Gasteiger partial charge in [-0.25, -0.2) is 0 Å². The minimum atomic E-state index is -0.261. The Bertz CT molecular complexity index is 756. The van der Waals surface area contributed by atoms with E-state index >= 15 is 0 Å². The fourth-order valence-corrected chi connectivity index (χ4v) is 3.14. The molecule has 0 unspecified atom stereocenters. The van der Waals surface area contributed by atoms with Crippen molar-refractivity contribution in [2.24, 2.45) is 11.7 Å².